The van der Waals surface area contributed by atoms with Crippen LogP contribution in [-0.2, 0) is 0 Å². The average Bonchev–Trinajstić information content (AvgIpc) is 2.30. The normalized spacial score (nSPS) is 16.6. The van der Waals surface area contributed by atoms with E-state index in [0.717, 1.165) is 32.0 Å². The van der Waals surface area contributed by atoms with Gasteiger partial charge < -0.3 is 15.0 Å². The minimum absolute atomic E-state index is 0.138. The maximum Gasteiger partial charge on any atom is 0.232 e. The quantitative estimate of drug-likeness (QED) is 0.814. The summed E-state index contributed by atoms with van der Waals surface area (Å²) >= 11 is 0. The van der Waals surface area contributed by atoms with Crippen LogP contribution >= 0.6 is 0 Å². The Kier molecular flexibility index (Phi) is 3.56. The lowest BCUT2D eigenvalue weighted by atomic mass is 10.3. The number of piperazine rings is 1. The maximum atomic E-state index is 5.45. The van der Waals surface area contributed by atoms with Crippen LogP contribution in [-0.4, -0.2) is 42.3 Å². The maximum absolute atomic E-state index is 5.45. The number of nitrogens with zero attached hydrogens (tertiary/aromatic N) is 3. The molecule has 1 aliphatic rings. The van der Waals surface area contributed by atoms with Gasteiger partial charge in [0, 0.05) is 26.2 Å². The van der Waals surface area contributed by atoms with Crippen LogP contribution in [0.2, 0.25) is 0 Å². The summed E-state index contributed by atoms with van der Waals surface area (Å²) in [6.45, 7) is 7.94. The molecule has 2 heterocycles. The third-order valence-electron chi connectivity index (χ3n) is 2.41. The van der Waals surface area contributed by atoms with E-state index < -0.39 is 0 Å². The molecule has 1 aromatic rings. The van der Waals surface area contributed by atoms with Gasteiger partial charge in [0.05, 0.1) is 18.5 Å². The van der Waals surface area contributed by atoms with Crippen molar-refractivity contribution >= 4 is 5.82 Å². The van der Waals surface area contributed by atoms with Crippen LogP contribution in [0.3, 0.4) is 0 Å². The summed E-state index contributed by atoms with van der Waals surface area (Å²) in [6, 6.07) is 0. The molecule has 0 saturated carbocycles. The first-order valence-electron chi connectivity index (χ1n) is 5.70. The van der Waals surface area contributed by atoms with E-state index in [1.54, 1.807) is 12.4 Å². The topological polar surface area (TPSA) is 50.3 Å². The summed E-state index contributed by atoms with van der Waals surface area (Å²) in [6.07, 6.45) is 3.61. The predicted octanol–water partition coefficient (Wildman–Crippen LogP) is 0.673. The Balaban J connectivity index is 2.00. The number of hydrogen-bond acceptors (Lipinski definition) is 5. The van der Waals surface area contributed by atoms with E-state index in [2.05, 4.69) is 20.2 Å². The summed E-state index contributed by atoms with van der Waals surface area (Å²) in [4.78, 5) is 10.8. The number of rotatable bonds is 3. The molecule has 1 aliphatic heterocycles. The predicted molar refractivity (Wildman–Crippen MR) is 62.9 cm³/mol. The Morgan fingerprint density at radius 3 is 2.56 bits per heavy atom. The summed E-state index contributed by atoms with van der Waals surface area (Å²) in [7, 11) is 0. The van der Waals surface area contributed by atoms with Gasteiger partial charge in [0.2, 0.25) is 5.88 Å². The molecule has 1 N–H and O–H groups in total. The van der Waals surface area contributed by atoms with Gasteiger partial charge in [-0.2, -0.15) is 0 Å². The summed E-state index contributed by atoms with van der Waals surface area (Å²) in [5.74, 6) is 1.52. The molecule has 0 unspecified atom stereocenters. The number of hydrogen-bond donors (Lipinski definition) is 1. The van der Waals surface area contributed by atoms with Crippen molar-refractivity contribution in [2.75, 3.05) is 31.1 Å². The highest BCUT2D eigenvalue weighted by molar-refractivity contribution is 5.37. The van der Waals surface area contributed by atoms with Crippen LogP contribution in [0.25, 0.3) is 0 Å². The fourth-order valence-corrected chi connectivity index (χ4v) is 1.67. The van der Waals surface area contributed by atoms with E-state index in [0.29, 0.717) is 5.88 Å². The molecule has 5 heteroatoms. The molecule has 0 amide bonds. The molecular formula is C11H18N4O. The highest BCUT2D eigenvalue weighted by atomic mass is 16.5. The first-order valence-corrected chi connectivity index (χ1v) is 5.70. The minimum Gasteiger partial charge on any atom is -0.474 e. The van der Waals surface area contributed by atoms with Crippen molar-refractivity contribution in [3.63, 3.8) is 0 Å². The van der Waals surface area contributed by atoms with Crippen LogP contribution < -0.4 is 15.0 Å². The Labute approximate surface area is 95.8 Å². The van der Waals surface area contributed by atoms with Gasteiger partial charge in [0.15, 0.2) is 0 Å². The van der Waals surface area contributed by atoms with E-state index in [9.17, 15) is 0 Å². The molecule has 0 aliphatic carbocycles. The van der Waals surface area contributed by atoms with Crippen molar-refractivity contribution in [3.8, 4) is 5.88 Å². The van der Waals surface area contributed by atoms with Crippen molar-refractivity contribution in [1.82, 2.24) is 15.3 Å². The second kappa shape index (κ2) is 5.12. The van der Waals surface area contributed by atoms with Crippen molar-refractivity contribution in [1.29, 1.82) is 0 Å². The van der Waals surface area contributed by atoms with E-state index in [-0.39, 0.29) is 6.10 Å². The first-order chi connectivity index (χ1) is 7.75. The number of anilines is 1. The standard InChI is InChI=1S/C11H18N4O/c1-9(2)16-11-8-13-10(7-14-11)15-5-3-12-4-6-15/h7-9,12H,3-6H2,1-2H3. The zero-order valence-electron chi connectivity index (χ0n) is 9.81. The van der Waals surface area contributed by atoms with Gasteiger partial charge in [-0.15, -0.1) is 0 Å². The molecule has 0 aromatic carbocycles. The molecule has 1 saturated heterocycles. The molecule has 1 fully saturated rings. The zero-order valence-corrected chi connectivity index (χ0v) is 9.81. The Morgan fingerprint density at radius 1 is 1.25 bits per heavy atom. The monoisotopic (exact) mass is 222 g/mol. The van der Waals surface area contributed by atoms with Gasteiger partial charge in [0.25, 0.3) is 0 Å². The molecule has 2 rings (SSSR count). The van der Waals surface area contributed by atoms with Crippen molar-refractivity contribution < 1.29 is 4.74 Å². The lowest BCUT2D eigenvalue weighted by Gasteiger charge is -2.28. The van der Waals surface area contributed by atoms with E-state index in [4.69, 9.17) is 4.74 Å². The Bertz CT molecular complexity index is 319. The molecule has 0 radical (unpaired) electrons. The fourth-order valence-electron chi connectivity index (χ4n) is 1.67. The van der Waals surface area contributed by atoms with Gasteiger partial charge in [-0.1, -0.05) is 0 Å². The molecular weight excluding hydrogens is 204 g/mol. The van der Waals surface area contributed by atoms with Crippen LogP contribution in [0.15, 0.2) is 12.4 Å². The highest BCUT2D eigenvalue weighted by Gasteiger charge is 2.11. The average molecular weight is 222 g/mol. The Hall–Kier alpha value is -1.36. The molecule has 5 nitrogen and oxygen atoms in total. The second-order valence-corrected chi connectivity index (χ2v) is 4.12. The van der Waals surface area contributed by atoms with E-state index in [1.807, 2.05) is 13.8 Å². The summed E-state index contributed by atoms with van der Waals surface area (Å²) in [5.41, 5.74) is 0. The molecule has 1 aromatic heterocycles. The highest BCUT2D eigenvalue weighted by Crippen LogP contribution is 2.13. The first kappa shape index (κ1) is 11.1. The van der Waals surface area contributed by atoms with Crippen molar-refractivity contribution in [2.24, 2.45) is 0 Å². The molecule has 0 spiro atoms. The van der Waals surface area contributed by atoms with Crippen molar-refractivity contribution in [3.05, 3.63) is 12.4 Å². The fraction of sp³-hybridized carbons (Fsp3) is 0.636. The largest absolute Gasteiger partial charge is 0.474 e. The lowest BCUT2D eigenvalue weighted by Crippen LogP contribution is -2.43. The number of ether oxygens (including phenoxy) is 1. The minimum atomic E-state index is 0.138. The molecule has 88 valence electrons. The van der Waals surface area contributed by atoms with Gasteiger partial charge in [-0.3, -0.25) is 0 Å². The smallest absolute Gasteiger partial charge is 0.232 e. The van der Waals surface area contributed by atoms with Crippen LogP contribution in [0.4, 0.5) is 5.82 Å². The van der Waals surface area contributed by atoms with Crippen LogP contribution in [0.1, 0.15) is 13.8 Å². The van der Waals surface area contributed by atoms with Gasteiger partial charge in [0.1, 0.15) is 5.82 Å². The van der Waals surface area contributed by atoms with E-state index in [1.165, 1.54) is 0 Å². The number of aromatic nitrogens is 2. The zero-order chi connectivity index (χ0) is 11.4. The third kappa shape index (κ3) is 2.82. The third-order valence-corrected chi connectivity index (χ3v) is 2.41. The molecule has 16 heavy (non-hydrogen) atoms. The number of nitrogens with one attached hydrogen (secondary N) is 1. The van der Waals surface area contributed by atoms with Gasteiger partial charge in [-0.25, -0.2) is 9.97 Å². The summed E-state index contributed by atoms with van der Waals surface area (Å²) in [5, 5.41) is 3.31. The molecule has 0 bridgehead atoms. The van der Waals surface area contributed by atoms with Gasteiger partial charge in [-0.05, 0) is 13.8 Å². The second-order valence-electron chi connectivity index (χ2n) is 4.12. The van der Waals surface area contributed by atoms with Crippen LogP contribution in [0, 0.1) is 0 Å². The Morgan fingerprint density at radius 2 is 2.00 bits per heavy atom. The van der Waals surface area contributed by atoms with Gasteiger partial charge >= 0.3 is 0 Å². The van der Waals surface area contributed by atoms with E-state index >= 15 is 0 Å². The molecule has 0 atom stereocenters. The van der Waals surface area contributed by atoms with Crippen molar-refractivity contribution in [2.45, 2.75) is 20.0 Å². The van der Waals surface area contributed by atoms with Crippen LogP contribution in [0.5, 0.6) is 5.88 Å². The SMILES string of the molecule is CC(C)Oc1cnc(N2CCNCC2)cn1. The lowest BCUT2D eigenvalue weighted by molar-refractivity contribution is 0.231. The summed E-state index contributed by atoms with van der Waals surface area (Å²) < 4.78 is 5.45.